The van der Waals surface area contributed by atoms with Gasteiger partial charge in [0.05, 0.1) is 6.04 Å². The van der Waals surface area contributed by atoms with Gasteiger partial charge in [0.2, 0.25) is 5.91 Å². The molecule has 2 aromatic carbocycles. The number of nitrogens with zero attached hydrogens (tertiary/aromatic N) is 1. The van der Waals surface area contributed by atoms with Crippen molar-refractivity contribution in [3.05, 3.63) is 71.3 Å². The predicted molar refractivity (Wildman–Crippen MR) is 127 cm³/mol. The number of imide groups is 1. The molecular formula is C24H33N3O3S. The van der Waals surface area contributed by atoms with Gasteiger partial charge in [-0.05, 0) is 37.4 Å². The number of rotatable bonds is 12. The van der Waals surface area contributed by atoms with Crippen LogP contribution in [0.15, 0.2) is 54.6 Å². The number of carbonyl (C=O) groups excluding carboxylic acids is 2. The summed E-state index contributed by atoms with van der Waals surface area (Å²) < 4.78 is 5.38. The van der Waals surface area contributed by atoms with Gasteiger partial charge in [-0.3, -0.25) is 4.79 Å². The number of hydrogen-bond acceptors (Lipinski definition) is 6. The third kappa shape index (κ3) is 9.12. The van der Waals surface area contributed by atoms with Crippen LogP contribution in [0.25, 0.3) is 0 Å². The Bertz CT molecular complexity index is 799. The van der Waals surface area contributed by atoms with Gasteiger partial charge in [0, 0.05) is 18.1 Å². The summed E-state index contributed by atoms with van der Waals surface area (Å²) in [4.78, 5) is 26.7. The molecule has 0 saturated heterocycles. The van der Waals surface area contributed by atoms with Crippen molar-refractivity contribution in [2.24, 2.45) is 11.5 Å². The highest BCUT2D eigenvalue weighted by Gasteiger charge is 2.27. The fourth-order valence-electron chi connectivity index (χ4n) is 2.94. The summed E-state index contributed by atoms with van der Waals surface area (Å²) in [6.45, 7) is 3.03. The molecule has 0 saturated carbocycles. The highest BCUT2D eigenvalue weighted by molar-refractivity contribution is 7.98. The molecule has 0 fully saturated rings. The monoisotopic (exact) mass is 443 g/mol. The number of unbranched alkanes of at least 4 members (excludes halogenated alkanes) is 2. The van der Waals surface area contributed by atoms with Crippen molar-refractivity contribution in [2.75, 3.05) is 18.8 Å². The third-order valence-corrected chi connectivity index (χ3v) is 5.91. The summed E-state index contributed by atoms with van der Waals surface area (Å²) in [6.07, 6.45) is 1.70. The lowest BCUT2D eigenvalue weighted by atomic mass is 10.2. The number of ether oxygens (including phenoxy) is 1. The summed E-state index contributed by atoms with van der Waals surface area (Å²) >= 11 is 1.58. The van der Waals surface area contributed by atoms with Gasteiger partial charge >= 0.3 is 6.09 Å². The first kappa shape index (κ1) is 24.9. The Morgan fingerprint density at radius 2 is 1.71 bits per heavy atom. The number of nitrogens with two attached hydrogens (primary N) is 2. The molecule has 0 aliphatic heterocycles. The molecule has 2 amide bonds. The van der Waals surface area contributed by atoms with Crippen LogP contribution in [0.4, 0.5) is 4.79 Å². The third-order valence-electron chi connectivity index (χ3n) is 4.78. The highest BCUT2D eigenvalue weighted by atomic mass is 32.2. The lowest BCUT2D eigenvalue weighted by Gasteiger charge is -2.23. The first-order valence-electron chi connectivity index (χ1n) is 10.6. The predicted octanol–water partition coefficient (Wildman–Crippen LogP) is 3.85. The van der Waals surface area contributed by atoms with Gasteiger partial charge in [0.25, 0.3) is 0 Å². The molecule has 2 rings (SSSR count). The quantitative estimate of drug-likeness (QED) is 0.484. The van der Waals surface area contributed by atoms with Gasteiger partial charge in [-0.1, -0.05) is 66.6 Å². The summed E-state index contributed by atoms with van der Waals surface area (Å²) in [5.41, 5.74) is 14.9. The Labute approximate surface area is 189 Å². The molecule has 168 valence electrons. The molecule has 0 aliphatic carbocycles. The standard InChI is InChI=1S/C24H33N3O3S/c1-19-10-12-21(13-11-19)17-31-18-22(26)23(28)27(15-7-3-6-14-25)24(29)30-16-20-8-4-2-5-9-20/h2,4-5,8-13,22H,3,6-7,14-18,25-26H2,1H3/t22-/m0/s1. The Morgan fingerprint density at radius 1 is 1.00 bits per heavy atom. The van der Waals surface area contributed by atoms with Crippen LogP contribution in [0.1, 0.15) is 36.0 Å². The Kier molecular flexibility index (Phi) is 11.1. The van der Waals surface area contributed by atoms with Gasteiger partial charge in [0.1, 0.15) is 6.61 Å². The number of aryl methyl sites for hydroxylation is 1. The van der Waals surface area contributed by atoms with E-state index in [1.54, 1.807) is 11.8 Å². The van der Waals surface area contributed by atoms with Crippen LogP contribution >= 0.6 is 11.8 Å². The minimum Gasteiger partial charge on any atom is -0.444 e. The highest BCUT2D eigenvalue weighted by Crippen LogP contribution is 2.15. The SMILES string of the molecule is Cc1ccc(CSC[C@H](N)C(=O)N(CCCCCN)C(=O)OCc2ccccc2)cc1. The maximum absolute atomic E-state index is 12.9. The molecule has 1 atom stereocenters. The van der Waals surface area contributed by atoms with Gasteiger partial charge in [-0.2, -0.15) is 11.8 Å². The molecule has 6 nitrogen and oxygen atoms in total. The second-order valence-corrected chi connectivity index (χ2v) is 8.52. The van der Waals surface area contributed by atoms with Gasteiger partial charge in [0.15, 0.2) is 0 Å². The van der Waals surface area contributed by atoms with Crippen molar-refractivity contribution in [1.29, 1.82) is 0 Å². The van der Waals surface area contributed by atoms with E-state index >= 15 is 0 Å². The summed E-state index contributed by atoms with van der Waals surface area (Å²) in [5.74, 6) is 0.788. The molecule has 7 heteroatoms. The zero-order valence-electron chi connectivity index (χ0n) is 18.2. The van der Waals surface area contributed by atoms with E-state index in [0.29, 0.717) is 18.7 Å². The molecule has 0 aromatic heterocycles. The van der Waals surface area contributed by atoms with Crippen LogP contribution in [0.2, 0.25) is 0 Å². The van der Waals surface area contributed by atoms with Crippen molar-refractivity contribution in [2.45, 2.75) is 44.6 Å². The van der Waals surface area contributed by atoms with Crippen molar-refractivity contribution in [3.63, 3.8) is 0 Å². The summed E-state index contributed by atoms with van der Waals surface area (Å²) in [5, 5.41) is 0. The maximum Gasteiger partial charge on any atom is 0.416 e. The normalized spacial score (nSPS) is 11.7. The summed E-state index contributed by atoms with van der Waals surface area (Å²) in [7, 11) is 0. The van der Waals surface area contributed by atoms with Crippen LogP contribution < -0.4 is 11.5 Å². The molecule has 0 unspecified atom stereocenters. The van der Waals surface area contributed by atoms with Crippen LogP contribution in [0, 0.1) is 6.92 Å². The van der Waals surface area contributed by atoms with Gasteiger partial charge < -0.3 is 16.2 Å². The van der Waals surface area contributed by atoms with E-state index in [4.69, 9.17) is 16.2 Å². The van der Waals surface area contributed by atoms with Crippen molar-refractivity contribution < 1.29 is 14.3 Å². The van der Waals surface area contributed by atoms with Crippen molar-refractivity contribution in [1.82, 2.24) is 4.90 Å². The fraction of sp³-hybridized carbons (Fsp3) is 0.417. The molecule has 0 radical (unpaired) electrons. The minimum absolute atomic E-state index is 0.115. The van der Waals surface area contributed by atoms with E-state index in [1.807, 2.05) is 37.3 Å². The molecular weight excluding hydrogens is 410 g/mol. The first-order valence-corrected chi connectivity index (χ1v) is 11.8. The van der Waals surface area contributed by atoms with E-state index in [1.165, 1.54) is 11.1 Å². The largest absolute Gasteiger partial charge is 0.444 e. The van der Waals surface area contributed by atoms with Gasteiger partial charge in [-0.15, -0.1) is 0 Å². The topological polar surface area (TPSA) is 98.7 Å². The lowest BCUT2D eigenvalue weighted by molar-refractivity contribution is -0.130. The fourth-order valence-corrected chi connectivity index (χ4v) is 3.88. The first-order chi connectivity index (χ1) is 15.0. The Hall–Kier alpha value is -2.35. The number of amides is 2. The molecule has 0 spiro atoms. The molecule has 31 heavy (non-hydrogen) atoms. The molecule has 4 N–H and O–H groups in total. The number of benzene rings is 2. The number of carbonyl (C=O) groups is 2. The van der Waals surface area contributed by atoms with Crippen molar-refractivity contribution >= 4 is 23.8 Å². The molecule has 2 aromatic rings. The van der Waals surface area contributed by atoms with Crippen LogP contribution in [0.3, 0.4) is 0 Å². The summed E-state index contributed by atoms with van der Waals surface area (Å²) in [6, 6.07) is 16.9. The van der Waals surface area contributed by atoms with Gasteiger partial charge in [-0.25, -0.2) is 9.69 Å². The van der Waals surface area contributed by atoms with E-state index in [9.17, 15) is 9.59 Å². The zero-order chi connectivity index (χ0) is 22.5. The Balaban J connectivity index is 1.90. The Morgan fingerprint density at radius 3 is 2.39 bits per heavy atom. The van der Waals surface area contributed by atoms with E-state index < -0.39 is 18.0 Å². The maximum atomic E-state index is 12.9. The second-order valence-electron chi connectivity index (χ2n) is 7.49. The van der Waals surface area contributed by atoms with E-state index in [0.717, 1.165) is 29.1 Å². The second kappa shape index (κ2) is 13.9. The van der Waals surface area contributed by atoms with Crippen LogP contribution in [-0.2, 0) is 21.9 Å². The van der Waals surface area contributed by atoms with E-state index in [-0.39, 0.29) is 13.2 Å². The van der Waals surface area contributed by atoms with Crippen LogP contribution in [0.5, 0.6) is 0 Å². The van der Waals surface area contributed by atoms with E-state index in [2.05, 4.69) is 24.3 Å². The minimum atomic E-state index is -0.769. The number of hydrogen-bond donors (Lipinski definition) is 2. The average Bonchev–Trinajstić information content (AvgIpc) is 2.79. The lowest BCUT2D eigenvalue weighted by Crippen LogP contribution is -2.48. The van der Waals surface area contributed by atoms with Crippen molar-refractivity contribution in [3.8, 4) is 0 Å². The smallest absolute Gasteiger partial charge is 0.416 e. The molecule has 0 bridgehead atoms. The number of thioether (sulfide) groups is 1. The molecule has 0 heterocycles. The average molecular weight is 444 g/mol. The zero-order valence-corrected chi connectivity index (χ0v) is 19.0. The van der Waals surface area contributed by atoms with Crippen LogP contribution in [-0.4, -0.2) is 41.8 Å². The molecule has 0 aliphatic rings.